The summed E-state index contributed by atoms with van der Waals surface area (Å²) in [6.45, 7) is 1.27. The average Bonchev–Trinajstić information content (AvgIpc) is 3.25. The van der Waals surface area contributed by atoms with Gasteiger partial charge in [-0.05, 0) is 43.4 Å². The third-order valence-electron chi connectivity index (χ3n) is 4.27. The predicted octanol–water partition coefficient (Wildman–Crippen LogP) is 1.31. The van der Waals surface area contributed by atoms with Crippen molar-refractivity contribution in [2.75, 3.05) is 11.4 Å². The minimum atomic E-state index is -0.625. The van der Waals surface area contributed by atoms with E-state index in [9.17, 15) is 9.59 Å². The molecule has 2 aliphatic rings. The van der Waals surface area contributed by atoms with Gasteiger partial charge in [0.2, 0.25) is 11.8 Å². The molecule has 0 atom stereocenters. The maximum Gasteiger partial charge on any atom is 0.240 e. The molecule has 1 saturated heterocycles. The number of anilines is 1. The molecule has 0 spiro atoms. The molecule has 5 nitrogen and oxygen atoms in total. The van der Waals surface area contributed by atoms with Crippen LogP contribution in [0, 0.1) is 0 Å². The number of carbonyl (C=O) groups is 2. The van der Waals surface area contributed by atoms with Crippen LogP contribution >= 0.6 is 0 Å². The zero-order valence-corrected chi connectivity index (χ0v) is 12.1. The Kier molecular flexibility index (Phi) is 3.68. The van der Waals surface area contributed by atoms with Crippen LogP contribution in [0.2, 0.25) is 0 Å². The molecule has 1 aliphatic heterocycles. The van der Waals surface area contributed by atoms with Crippen LogP contribution < -0.4 is 16.0 Å². The Morgan fingerprint density at radius 2 is 1.95 bits per heavy atom. The van der Waals surface area contributed by atoms with Crippen molar-refractivity contribution >= 4 is 17.5 Å². The lowest BCUT2D eigenvalue weighted by Crippen LogP contribution is -2.42. The van der Waals surface area contributed by atoms with Crippen LogP contribution in [0.1, 0.15) is 37.7 Å². The highest BCUT2D eigenvalue weighted by Crippen LogP contribution is 2.32. The van der Waals surface area contributed by atoms with Crippen LogP contribution in [0.25, 0.3) is 0 Å². The summed E-state index contributed by atoms with van der Waals surface area (Å²) in [5.74, 6) is 0.124. The maximum absolute atomic E-state index is 11.9. The predicted molar refractivity (Wildman–Crippen MR) is 80.6 cm³/mol. The Bertz CT molecular complexity index is 549. The molecule has 0 unspecified atom stereocenters. The summed E-state index contributed by atoms with van der Waals surface area (Å²) in [4.78, 5) is 25.5. The highest BCUT2D eigenvalue weighted by Gasteiger charge is 2.45. The number of nitrogens with one attached hydrogen (secondary N) is 1. The molecule has 1 aromatic carbocycles. The molecule has 2 amide bonds. The van der Waals surface area contributed by atoms with Gasteiger partial charge in [0.05, 0.1) is 5.54 Å². The number of hydrogen-bond acceptors (Lipinski definition) is 3. The fraction of sp³-hybridized carbons (Fsp3) is 0.500. The smallest absolute Gasteiger partial charge is 0.240 e. The first-order valence-corrected chi connectivity index (χ1v) is 7.55. The van der Waals surface area contributed by atoms with E-state index >= 15 is 0 Å². The molecule has 2 fully saturated rings. The lowest BCUT2D eigenvalue weighted by Gasteiger charge is -2.26. The highest BCUT2D eigenvalue weighted by molar-refractivity contribution is 5.94. The first-order valence-electron chi connectivity index (χ1n) is 7.55. The van der Waals surface area contributed by atoms with Gasteiger partial charge in [0.15, 0.2) is 0 Å². The van der Waals surface area contributed by atoms with E-state index in [1.165, 1.54) is 0 Å². The van der Waals surface area contributed by atoms with Crippen LogP contribution in [-0.2, 0) is 16.1 Å². The topological polar surface area (TPSA) is 75.4 Å². The summed E-state index contributed by atoms with van der Waals surface area (Å²) >= 11 is 0. The largest absolute Gasteiger partial charge is 0.350 e. The van der Waals surface area contributed by atoms with Gasteiger partial charge < -0.3 is 16.0 Å². The van der Waals surface area contributed by atoms with Gasteiger partial charge in [-0.15, -0.1) is 0 Å². The molecule has 5 heteroatoms. The molecule has 3 N–H and O–H groups in total. The number of nitrogens with zero attached hydrogens (tertiary/aromatic N) is 1. The summed E-state index contributed by atoms with van der Waals surface area (Å²) in [6, 6.07) is 7.79. The molecule has 0 bridgehead atoms. The van der Waals surface area contributed by atoms with Gasteiger partial charge >= 0.3 is 0 Å². The second kappa shape index (κ2) is 5.48. The summed E-state index contributed by atoms with van der Waals surface area (Å²) in [5, 5.41) is 2.86. The van der Waals surface area contributed by atoms with Crippen molar-refractivity contribution in [3.05, 3.63) is 29.8 Å². The number of benzene rings is 1. The third-order valence-corrected chi connectivity index (χ3v) is 4.27. The molecule has 3 rings (SSSR count). The van der Waals surface area contributed by atoms with Crippen molar-refractivity contribution in [3.8, 4) is 0 Å². The number of rotatable bonds is 4. The van der Waals surface area contributed by atoms with Gasteiger partial charge in [0, 0.05) is 25.2 Å². The Morgan fingerprint density at radius 1 is 1.24 bits per heavy atom. The minimum absolute atomic E-state index is 0.0715. The fourth-order valence-corrected chi connectivity index (χ4v) is 2.59. The maximum atomic E-state index is 11.9. The molecule has 0 radical (unpaired) electrons. The SMILES string of the molecule is NC1(C(=O)NCc2ccc(N3CCCCC3=O)cc2)CC1. The highest BCUT2D eigenvalue weighted by atomic mass is 16.2. The molecule has 112 valence electrons. The molecular formula is C16H21N3O2. The molecule has 1 aromatic rings. The van der Waals surface area contributed by atoms with Gasteiger partial charge in [-0.2, -0.15) is 0 Å². The molecule has 1 aliphatic carbocycles. The van der Waals surface area contributed by atoms with Crippen LogP contribution in [0.3, 0.4) is 0 Å². The van der Waals surface area contributed by atoms with Gasteiger partial charge in [0.1, 0.15) is 0 Å². The van der Waals surface area contributed by atoms with Gasteiger partial charge in [-0.25, -0.2) is 0 Å². The Hall–Kier alpha value is -1.88. The van der Waals surface area contributed by atoms with E-state index in [-0.39, 0.29) is 11.8 Å². The quantitative estimate of drug-likeness (QED) is 0.876. The van der Waals surface area contributed by atoms with E-state index in [1.54, 1.807) is 0 Å². The lowest BCUT2D eigenvalue weighted by atomic mass is 10.1. The molecule has 0 aromatic heterocycles. The Labute approximate surface area is 124 Å². The first kappa shape index (κ1) is 14.1. The number of piperidine rings is 1. The van der Waals surface area contributed by atoms with Crippen LogP contribution in [0.15, 0.2) is 24.3 Å². The molecule has 1 saturated carbocycles. The number of nitrogens with two attached hydrogens (primary N) is 1. The van der Waals surface area contributed by atoms with E-state index in [4.69, 9.17) is 5.73 Å². The normalized spacial score (nSPS) is 20.2. The average molecular weight is 287 g/mol. The lowest BCUT2D eigenvalue weighted by molar-refractivity contribution is -0.123. The zero-order valence-electron chi connectivity index (χ0n) is 12.1. The summed E-state index contributed by atoms with van der Waals surface area (Å²) < 4.78 is 0. The molecular weight excluding hydrogens is 266 g/mol. The van der Waals surface area contributed by atoms with Crippen LogP contribution in [0.4, 0.5) is 5.69 Å². The Balaban J connectivity index is 1.58. The van der Waals surface area contributed by atoms with E-state index < -0.39 is 5.54 Å². The van der Waals surface area contributed by atoms with Crippen molar-refractivity contribution in [2.45, 2.75) is 44.2 Å². The summed E-state index contributed by atoms with van der Waals surface area (Å²) in [5.41, 5.74) is 7.16. The van der Waals surface area contributed by atoms with Gasteiger partial charge in [-0.1, -0.05) is 12.1 Å². The standard InChI is InChI=1S/C16H21N3O2/c17-16(8-9-16)15(21)18-11-12-4-6-13(7-5-12)19-10-2-1-3-14(19)20/h4-7H,1-3,8-11,17H2,(H,18,21). The monoisotopic (exact) mass is 287 g/mol. The third kappa shape index (κ3) is 3.08. The summed E-state index contributed by atoms with van der Waals surface area (Å²) in [6.07, 6.45) is 4.22. The first-order chi connectivity index (χ1) is 10.1. The second-order valence-electron chi connectivity index (χ2n) is 6.01. The van der Waals surface area contributed by atoms with Crippen molar-refractivity contribution in [1.82, 2.24) is 5.32 Å². The van der Waals surface area contributed by atoms with Crippen molar-refractivity contribution in [3.63, 3.8) is 0 Å². The fourth-order valence-electron chi connectivity index (χ4n) is 2.59. The number of amides is 2. The van der Waals surface area contributed by atoms with E-state index in [0.29, 0.717) is 13.0 Å². The number of carbonyl (C=O) groups excluding carboxylic acids is 2. The summed E-state index contributed by atoms with van der Waals surface area (Å²) in [7, 11) is 0. The second-order valence-corrected chi connectivity index (χ2v) is 6.01. The molecule has 21 heavy (non-hydrogen) atoms. The minimum Gasteiger partial charge on any atom is -0.350 e. The van der Waals surface area contributed by atoms with E-state index in [1.807, 2.05) is 29.2 Å². The van der Waals surface area contributed by atoms with Crippen molar-refractivity contribution in [2.24, 2.45) is 5.73 Å². The van der Waals surface area contributed by atoms with Crippen molar-refractivity contribution in [1.29, 1.82) is 0 Å². The van der Waals surface area contributed by atoms with Gasteiger partial charge in [0.25, 0.3) is 0 Å². The van der Waals surface area contributed by atoms with E-state index in [2.05, 4.69) is 5.32 Å². The number of hydrogen-bond donors (Lipinski definition) is 2. The van der Waals surface area contributed by atoms with Crippen LogP contribution in [-0.4, -0.2) is 23.9 Å². The van der Waals surface area contributed by atoms with Crippen molar-refractivity contribution < 1.29 is 9.59 Å². The Morgan fingerprint density at radius 3 is 2.57 bits per heavy atom. The van der Waals surface area contributed by atoms with E-state index in [0.717, 1.165) is 43.5 Å². The zero-order chi connectivity index (χ0) is 14.9. The van der Waals surface area contributed by atoms with Gasteiger partial charge in [-0.3, -0.25) is 9.59 Å². The molecule has 1 heterocycles. The van der Waals surface area contributed by atoms with Crippen LogP contribution in [0.5, 0.6) is 0 Å².